The number of hydrogen-bond donors (Lipinski definition) is 2. The van der Waals surface area contributed by atoms with E-state index in [1.165, 1.54) is 0 Å². The van der Waals surface area contributed by atoms with E-state index in [1.54, 1.807) is 12.1 Å². The van der Waals surface area contributed by atoms with E-state index >= 15 is 0 Å². The first-order valence-corrected chi connectivity index (χ1v) is 7.45. The lowest BCUT2D eigenvalue weighted by atomic mass is 9.97. The topological polar surface area (TPSA) is 62.5 Å². The molecule has 2 rings (SSSR count). The smallest absolute Gasteiger partial charge is 0.287 e. The summed E-state index contributed by atoms with van der Waals surface area (Å²) in [6.45, 7) is 2.28. The molecule has 5 heteroatoms. The van der Waals surface area contributed by atoms with Crippen LogP contribution in [-0.4, -0.2) is 34.7 Å². The van der Waals surface area contributed by atoms with Crippen LogP contribution in [0, 0.1) is 0 Å². The Bertz CT molecular complexity index is 410. The number of nitrogens with one attached hydrogen (secondary N) is 1. The van der Waals surface area contributed by atoms with Gasteiger partial charge in [-0.05, 0) is 36.5 Å². The Morgan fingerprint density at radius 2 is 2.22 bits per heavy atom. The number of aliphatic hydroxyl groups is 1. The van der Waals surface area contributed by atoms with Gasteiger partial charge < -0.3 is 14.8 Å². The molecule has 1 aliphatic rings. The third-order valence-corrected chi connectivity index (χ3v) is 4.22. The molecule has 0 saturated carbocycles. The highest BCUT2D eigenvalue weighted by atomic mass is 32.2. The van der Waals surface area contributed by atoms with Crippen LogP contribution in [-0.2, 0) is 6.42 Å². The summed E-state index contributed by atoms with van der Waals surface area (Å²) >= 11 is 1.84. The molecule has 1 aliphatic heterocycles. The molecular formula is C13H19NO3S. The monoisotopic (exact) mass is 269 g/mol. The molecule has 0 radical (unpaired) electrons. The van der Waals surface area contributed by atoms with Gasteiger partial charge in [0.15, 0.2) is 5.76 Å². The molecular weight excluding hydrogens is 250 g/mol. The molecule has 0 spiro atoms. The summed E-state index contributed by atoms with van der Waals surface area (Å²) in [6.07, 6.45) is 2.24. The van der Waals surface area contributed by atoms with E-state index in [0.29, 0.717) is 12.3 Å². The minimum atomic E-state index is -0.749. The van der Waals surface area contributed by atoms with Gasteiger partial charge in [-0.1, -0.05) is 6.92 Å². The normalized spacial score (nSPS) is 18.6. The van der Waals surface area contributed by atoms with Crippen LogP contribution in [0.5, 0.6) is 0 Å². The van der Waals surface area contributed by atoms with Gasteiger partial charge in [-0.2, -0.15) is 11.8 Å². The van der Waals surface area contributed by atoms with Gasteiger partial charge in [0.2, 0.25) is 0 Å². The molecule has 100 valence electrons. The molecule has 1 aromatic rings. The number of rotatable bonds is 4. The number of hydrogen-bond acceptors (Lipinski definition) is 4. The molecule has 4 nitrogen and oxygen atoms in total. The van der Waals surface area contributed by atoms with E-state index in [-0.39, 0.29) is 5.91 Å². The van der Waals surface area contributed by atoms with Crippen molar-refractivity contribution in [1.82, 2.24) is 5.32 Å². The lowest BCUT2D eigenvalue weighted by Crippen LogP contribution is -2.45. The predicted octanol–water partition coefficient (Wildman–Crippen LogP) is 1.83. The summed E-state index contributed by atoms with van der Waals surface area (Å²) in [5.74, 6) is 2.77. The van der Waals surface area contributed by atoms with E-state index in [9.17, 15) is 9.90 Å². The van der Waals surface area contributed by atoms with Crippen LogP contribution in [0.4, 0.5) is 0 Å². The third kappa shape index (κ3) is 3.29. The van der Waals surface area contributed by atoms with Crippen LogP contribution >= 0.6 is 11.8 Å². The molecule has 18 heavy (non-hydrogen) atoms. The second-order valence-corrected chi connectivity index (χ2v) is 5.86. The van der Waals surface area contributed by atoms with Crippen molar-refractivity contribution in [1.29, 1.82) is 0 Å². The molecule has 2 N–H and O–H groups in total. The zero-order chi connectivity index (χ0) is 13.0. The van der Waals surface area contributed by atoms with E-state index in [1.807, 2.05) is 18.7 Å². The van der Waals surface area contributed by atoms with E-state index in [0.717, 1.165) is 36.5 Å². The fourth-order valence-corrected chi connectivity index (χ4v) is 3.20. The van der Waals surface area contributed by atoms with Crippen molar-refractivity contribution in [2.24, 2.45) is 0 Å². The summed E-state index contributed by atoms with van der Waals surface area (Å²) in [5.41, 5.74) is -0.749. The first kappa shape index (κ1) is 13.5. The Labute approximate surface area is 111 Å². The minimum absolute atomic E-state index is 0.249. The van der Waals surface area contributed by atoms with Gasteiger partial charge in [-0.15, -0.1) is 0 Å². The fourth-order valence-electron chi connectivity index (χ4n) is 1.95. The van der Waals surface area contributed by atoms with Crippen LogP contribution in [0.2, 0.25) is 0 Å². The van der Waals surface area contributed by atoms with Crippen molar-refractivity contribution in [2.75, 3.05) is 18.1 Å². The second-order valence-electron chi connectivity index (χ2n) is 4.64. The maximum atomic E-state index is 11.8. The number of amides is 1. The van der Waals surface area contributed by atoms with Crippen LogP contribution in [0.1, 0.15) is 36.1 Å². The van der Waals surface area contributed by atoms with Crippen LogP contribution < -0.4 is 5.32 Å². The maximum absolute atomic E-state index is 11.8. The molecule has 0 bridgehead atoms. The molecule has 1 aromatic heterocycles. The SMILES string of the molecule is CCc1ccc(C(=O)NCC2(O)CCSCC2)o1. The van der Waals surface area contributed by atoms with Gasteiger partial charge in [-0.3, -0.25) is 4.79 Å². The van der Waals surface area contributed by atoms with Gasteiger partial charge >= 0.3 is 0 Å². The molecule has 0 unspecified atom stereocenters. The first-order valence-electron chi connectivity index (χ1n) is 6.30. The minimum Gasteiger partial charge on any atom is -0.456 e. The Kier molecular flexibility index (Phi) is 4.35. The molecule has 0 aliphatic carbocycles. The number of carbonyl (C=O) groups excluding carboxylic acids is 1. The Morgan fingerprint density at radius 3 is 2.83 bits per heavy atom. The number of aryl methyl sites for hydroxylation is 1. The van der Waals surface area contributed by atoms with Gasteiger partial charge in [-0.25, -0.2) is 0 Å². The third-order valence-electron chi connectivity index (χ3n) is 3.24. The summed E-state index contributed by atoms with van der Waals surface area (Å²) in [6, 6.07) is 3.48. The highest BCUT2D eigenvalue weighted by Crippen LogP contribution is 2.26. The summed E-state index contributed by atoms with van der Waals surface area (Å²) in [4.78, 5) is 11.8. The van der Waals surface area contributed by atoms with Crippen LogP contribution in [0.3, 0.4) is 0 Å². The van der Waals surface area contributed by atoms with Crippen molar-refractivity contribution in [3.8, 4) is 0 Å². The van der Waals surface area contributed by atoms with Crippen LogP contribution in [0.25, 0.3) is 0 Å². The highest BCUT2D eigenvalue weighted by molar-refractivity contribution is 7.99. The van der Waals surface area contributed by atoms with E-state index in [4.69, 9.17) is 4.42 Å². The number of furan rings is 1. The summed E-state index contributed by atoms with van der Waals surface area (Å²) < 4.78 is 5.37. The molecule has 0 atom stereocenters. The maximum Gasteiger partial charge on any atom is 0.287 e. The van der Waals surface area contributed by atoms with Crippen molar-refractivity contribution in [3.63, 3.8) is 0 Å². The van der Waals surface area contributed by atoms with Crippen molar-refractivity contribution in [3.05, 3.63) is 23.7 Å². The quantitative estimate of drug-likeness (QED) is 0.875. The average molecular weight is 269 g/mol. The molecule has 0 aromatic carbocycles. The van der Waals surface area contributed by atoms with Gasteiger partial charge in [0.25, 0.3) is 5.91 Å². The number of carbonyl (C=O) groups is 1. The largest absolute Gasteiger partial charge is 0.456 e. The van der Waals surface area contributed by atoms with E-state index < -0.39 is 5.60 Å². The molecule has 1 saturated heterocycles. The van der Waals surface area contributed by atoms with Crippen molar-refractivity contribution >= 4 is 17.7 Å². The molecule has 1 amide bonds. The van der Waals surface area contributed by atoms with Gasteiger partial charge in [0, 0.05) is 13.0 Å². The Morgan fingerprint density at radius 1 is 1.50 bits per heavy atom. The first-order chi connectivity index (χ1) is 8.63. The molecule has 1 fully saturated rings. The van der Waals surface area contributed by atoms with Crippen molar-refractivity contribution in [2.45, 2.75) is 31.8 Å². The van der Waals surface area contributed by atoms with Crippen LogP contribution in [0.15, 0.2) is 16.5 Å². The lowest BCUT2D eigenvalue weighted by Gasteiger charge is -2.31. The van der Waals surface area contributed by atoms with E-state index in [2.05, 4.69) is 5.32 Å². The zero-order valence-electron chi connectivity index (χ0n) is 10.6. The predicted molar refractivity (Wildman–Crippen MR) is 71.9 cm³/mol. The summed E-state index contributed by atoms with van der Waals surface area (Å²) in [5, 5.41) is 13.0. The second kappa shape index (κ2) is 5.80. The summed E-state index contributed by atoms with van der Waals surface area (Å²) in [7, 11) is 0. The zero-order valence-corrected chi connectivity index (χ0v) is 11.4. The van der Waals surface area contributed by atoms with Gasteiger partial charge in [0.1, 0.15) is 5.76 Å². The Balaban J connectivity index is 1.87. The number of thioether (sulfide) groups is 1. The Hall–Kier alpha value is -0.940. The molecule has 2 heterocycles. The van der Waals surface area contributed by atoms with Crippen molar-refractivity contribution < 1.29 is 14.3 Å². The lowest BCUT2D eigenvalue weighted by molar-refractivity contribution is 0.0307. The standard InChI is InChI=1S/C13H19NO3S/c1-2-10-3-4-11(17-10)12(15)14-9-13(16)5-7-18-8-6-13/h3-4,16H,2,5-9H2,1H3,(H,14,15). The average Bonchev–Trinajstić information content (AvgIpc) is 2.86. The van der Waals surface area contributed by atoms with Gasteiger partial charge in [0.05, 0.1) is 5.60 Å². The fraction of sp³-hybridized carbons (Fsp3) is 0.615. The highest BCUT2D eigenvalue weighted by Gasteiger charge is 2.30.